The van der Waals surface area contributed by atoms with Gasteiger partial charge in [0.05, 0.1) is 0 Å². The van der Waals surface area contributed by atoms with Crippen LogP contribution >= 0.6 is 23.5 Å². The molecule has 0 unspecified atom stereocenters. The molecular weight excluding hydrogens is 314 g/mol. The van der Waals surface area contributed by atoms with E-state index < -0.39 is 0 Å². The molecule has 1 aliphatic heterocycles. The van der Waals surface area contributed by atoms with E-state index in [9.17, 15) is 4.79 Å². The van der Waals surface area contributed by atoms with Gasteiger partial charge in [-0.25, -0.2) is 0 Å². The zero-order valence-electron chi connectivity index (χ0n) is 12.5. The van der Waals surface area contributed by atoms with Crippen molar-refractivity contribution in [2.45, 2.75) is 29.4 Å². The van der Waals surface area contributed by atoms with Gasteiger partial charge in [0.1, 0.15) is 12.4 Å². The number of carbonyl (C=O) groups is 1. The third-order valence-electron chi connectivity index (χ3n) is 4.05. The van der Waals surface area contributed by atoms with Crippen LogP contribution in [0.25, 0.3) is 0 Å². The molecule has 3 atom stereocenters. The van der Waals surface area contributed by atoms with Gasteiger partial charge < -0.3 is 10.1 Å². The van der Waals surface area contributed by atoms with Crippen LogP contribution < -0.4 is 10.1 Å². The van der Waals surface area contributed by atoms with Crippen molar-refractivity contribution in [1.29, 1.82) is 0 Å². The second-order valence-electron chi connectivity index (χ2n) is 5.53. The van der Waals surface area contributed by atoms with Crippen molar-refractivity contribution in [2.75, 3.05) is 18.1 Å². The van der Waals surface area contributed by atoms with Crippen molar-refractivity contribution in [3.05, 3.63) is 42.5 Å². The molecule has 2 fully saturated rings. The Morgan fingerprint density at radius 1 is 1.27 bits per heavy atom. The molecule has 0 bridgehead atoms. The van der Waals surface area contributed by atoms with Crippen LogP contribution in [-0.4, -0.2) is 40.6 Å². The molecule has 3 rings (SSSR count). The number of hydrogen-bond donors (Lipinski definition) is 1. The Labute approximate surface area is 140 Å². The van der Waals surface area contributed by atoms with Crippen molar-refractivity contribution in [2.24, 2.45) is 0 Å². The fraction of sp³-hybridized carbons (Fsp3) is 0.471. The maximum Gasteiger partial charge on any atom is 0.251 e. The topological polar surface area (TPSA) is 38.3 Å². The monoisotopic (exact) mass is 335 g/mol. The number of thioether (sulfide) groups is 2. The lowest BCUT2D eigenvalue weighted by atomic mass is 10.1. The van der Waals surface area contributed by atoms with Gasteiger partial charge in [-0.05, 0) is 37.1 Å². The van der Waals surface area contributed by atoms with Crippen molar-refractivity contribution in [3.63, 3.8) is 0 Å². The van der Waals surface area contributed by atoms with Crippen LogP contribution in [0.5, 0.6) is 5.75 Å². The minimum Gasteiger partial charge on any atom is -0.490 e. The van der Waals surface area contributed by atoms with E-state index in [1.807, 2.05) is 36.0 Å². The van der Waals surface area contributed by atoms with Gasteiger partial charge in [0.15, 0.2) is 0 Å². The van der Waals surface area contributed by atoms with Crippen LogP contribution in [-0.2, 0) is 0 Å². The highest BCUT2D eigenvalue weighted by Crippen LogP contribution is 2.42. The Hall–Kier alpha value is -1.07. The van der Waals surface area contributed by atoms with Gasteiger partial charge >= 0.3 is 0 Å². The van der Waals surface area contributed by atoms with Gasteiger partial charge in [0, 0.05) is 33.6 Å². The van der Waals surface area contributed by atoms with Crippen LogP contribution in [0, 0.1) is 0 Å². The maximum absolute atomic E-state index is 12.4. The zero-order valence-corrected chi connectivity index (χ0v) is 14.1. The molecule has 1 saturated heterocycles. The molecular formula is C17H21NO2S2. The summed E-state index contributed by atoms with van der Waals surface area (Å²) in [6.07, 6.45) is 4.03. The number of ether oxygens (including phenoxy) is 1. The van der Waals surface area contributed by atoms with Crippen LogP contribution in [0.15, 0.2) is 36.9 Å². The molecule has 118 valence electrons. The Bertz CT molecular complexity index is 532. The van der Waals surface area contributed by atoms with E-state index in [4.69, 9.17) is 4.74 Å². The molecule has 5 heteroatoms. The molecule has 22 heavy (non-hydrogen) atoms. The molecule has 1 amide bonds. The molecule has 1 aromatic carbocycles. The smallest absolute Gasteiger partial charge is 0.251 e. The number of rotatable bonds is 5. The molecule has 2 aliphatic rings. The molecule has 1 aromatic rings. The third kappa shape index (κ3) is 3.63. The summed E-state index contributed by atoms with van der Waals surface area (Å²) in [6.45, 7) is 4.10. The number of hydrogen-bond acceptors (Lipinski definition) is 4. The quantitative estimate of drug-likeness (QED) is 0.838. The highest BCUT2D eigenvalue weighted by molar-refractivity contribution is 8.07. The van der Waals surface area contributed by atoms with E-state index in [2.05, 4.69) is 23.7 Å². The average Bonchev–Trinajstić information content (AvgIpc) is 2.96. The van der Waals surface area contributed by atoms with E-state index in [0.717, 1.165) is 17.4 Å². The van der Waals surface area contributed by atoms with Gasteiger partial charge in [-0.1, -0.05) is 12.7 Å². The predicted octanol–water partition coefficient (Wildman–Crippen LogP) is 3.36. The van der Waals surface area contributed by atoms with Gasteiger partial charge in [0.2, 0.25) is 0 Å². The zero-order chi connectivity index (χ0) is 15.4. The summed E-state index contributed by atoms with van der Waals surface area (Å²) < 4.78 is 5.44. The van der Waals surface area contributed by atoms with Gasteiger partial charge in [-0.15, -0.1) is 0 Å². The first-order valence-electron chi connectivity index (χ1n) is 7.66. The summed E-state index contributed by atoms with van der Waals surface area (Å²) in [5.41, 5.74) is 0.697. The summed E-state index contributed by atoms with van der Waals surface area (Å²) in [4.78, 5) is 12.4. The number of nitrogens with one attached hydrogen (secondary N) is 1. The Kier molecular flexibility index (Phi) is 5.37. The molecule has 1 N–H and O–H groups in total. The Balaban J connectivity index is 1.58. The second-order valence-corrected chi connectivity index (χ2v) is 8.16. The average molecular weight is 335 g/mol. The van der Waals surface area contributed by atoms with Crippen LogP contribution in [0.4, 0.5) is 0 Å². The third-order valence-corrected chi connectivity index (χ3v) is 7.36. The summed E-state index contributed by atoms with van der Waals surface area (Å²) in [5, 5.41) is 4.53. The molecule has 1 aliphatic carbocycles. The van der Waals surface area contributed by atoms with Crippen LogP contribution in [0.1, 0.15) is 23.2 Å². The van der Waals surface area contributed by atoms with E-state index >= 15 is 0 Å². The largest absolute Gasteiger partial charge is 0.490 e. The van der Waals surface area contributed by atoms with E-state index in [0.29, 0.717) is 23.5 Å². The van der Waals surface area contributed by atoms with Gasteiger partial charge in [-0.2, -0.15) is 23.5 Å². The standard InChI is InChI=1S/C17H21NO2S2/c1-2-9-20-13-5-3-12(4-6-13)17(19)18-14-7-8-15-16(14)22-11-10-21-15/h2-6,14-16H,1,7-11H2,(H,18,19)/t14-,15+,16-/m1/s1. The number of amides is 1. The maximum atomic E-state index is 12.4. The first-order valence-corrected chi connectivity index (χ1v) is 9.75. The molecule has 3 nitrogen and oxygen atoms in total. The normalized spacial score (nSPS) is 27.0. The molecule has 0 radical (unpaired) electrons. The van der Waals surface area contributed by atoms with Crippen molar-refractivity contribution in [1.82, 2.24) is 5.32 Å². The summed E-state index contributed by atoms with van der Waals surface area (Å²) in [7, 11) is 0. The molecule has 0 aromatic heterocycles. The Morgan fingerprint density at radius 2 is 2.05 bits per heavy atom. The molecule has 1 saturated carbocycles. The van der Waals surface area contributed by atoms with Crippen LogP contribution in [0.3, 0.4) is 0 Å². The fourth-order valence-corrected chi connectivity index (χ4v) is 6.27. The van der Waals surface area contributed by atoms with E-state index in [-0.39, 0.29) is 5.91 Å². The van der Waals surface area contributed by atoms with Crippen molar-refractivity contribution >= 4 is 29.4 Å². The fourth-order valence-electron chi connectivity index (χ4n) is 2.98. The lowest BCUT2D eigenvalue weighted by Crippen LogP contribution is -2.42. The summed E-state index contributed by atoms with van der Waals surface area (Å²) >= 11 is 4.10. The predicted molar refractivity (Wildman–Crippen MR) is 95.1 cm³/mol. The molecule has 1 heterocycles. The summed E-state index contributed by atoms with van der Waals surface area (Å²) in [5.74, 6) is 3.24. The molecule has 0 spiro atoms. The SMILES string of the molecule is C=CCOc1ccc(C(=O)N[C@@H]2CC[C@@H]3SCCS[C@@H]32)cc1. The Morgan fingerprint density at radius 3 is 2.82 bits per heavy atom. The number of carbonyl (C=O) groups excluding carboxylic acids is 1. The second kappa shape index (κ2) is 7.47. The first kappa shape index (κ1) is 15.8. The highest BCUT2D eigenvalue weighted by Gasteiger charge is 2.39. The first-order chi connectivity index (χ1) is 10.8. The number of benzene rings is 1. The number of fused-ring (bicyclic) bond motifs is 1. The summed E-state index contributed by atoms with van der Waals surface area (Å²) in [6, 6.07) is 7.63. The minimum absolute atomic E-state index is 0.0251. The van der Waals surface area contributed by atoms with Gasteiger partial charge in [0.25, 0.3) is 5.91 Å². The highest BCUT2D eigenvalue weighted by atomic mass is 32.2. The van der Waals surface area contributed by atoms with Crippen LogP contribution in [0.2, 0.25) is 0 Å². The van der Waals surface area contributed by atoms with E-state index in [1.54, 1.807) is 6.08 Å². The van der Waals surface area contributed by atoms with Crippen molar-refractivity contribution in [3.8, 4) is 5.75 Å². The van der Waals surface area contributed by atoms with Gasteiger partial charge in [-0.3, -0.25) is 4.79 Å². The van der Waals surface area contributed by atoms with E-state index in [1.165, 1.54) is 17.9 Å². The van der Waals surface area contributed by atoms with Crippen molar-refractivity contribution < 1.29 is 9.53 Å². The minimum atomic E-state index is 0.0251. The lowest BCUT2D eigenvalue weighted by Gasteiger charge is -2.28. The lowest BCUT2D eigenvalue weighted by molar-refractivity contribution is 0.0938.